The van der Waals surface area contributed by atoms with Gasteiger partial charge in [0.1, 0.15) is 6.04 Å². The van der Waals surface area contributed by atoms with Crippen molar-refractivity contribution in [3.63, 3.8) is 0 Å². The number of hydrogen-bond acceptors (Lipinski definition) is 6. The van der Waals surface area contributed by atoms with Gasteiger partial charge < -0.3 is 19.7 Å². The number of aromatic nitrogens is 2. The molecule has 0 aliphatic heterocycles. The molecule has 1 atom stereocenters. The zero-order chi connectivity index (χ0) is 14.2. The van der Waals surface area contributed by atoms with Crippen LogP contribution < -0.4 is 5.73 Å². The first kappa shape index (κ1) is 14.6. The summed E-state index contributed by atoms with van der Waals surface area (Å²) in [4.78, 5) is 4.29. The lowest BCUT2D eigenvalue weighted by Gasteiger charge is -2.05. The number of nitrogens with two attached hydrogens (primary N) is 1. The minimum atomic E-state index is -0.396. The first-order chi connectivity index (χ1) is 9.81. The molecule has 0 saturated heterocycles. The smallest absolute Gasteiger partial charge is 0.248 e. The minimum absolute atomic E-state index is 0.396. The molecule has 0 unspecified atom stereocenters. The minimum Gasteiger partial charge on any atom is -0.382 e. The summed E-state index contributed by atoms with van der Waals surface area (Å²) in [6, 6.07) is 9.26. The Bertz CT molecular complexity index is 501. The Balaban J connectivity index is 1.85. The fourth-order valence-corrected chi connectivity index (χ4v) is 1.71. The summed E-state index contributed by atoms with van der Waals surface area (Å²) < 4.78 is 15.4. The largest absolute Gasteiger partial charge is 0.382 e. The molecule has 2 aromatic rings. The molecule has 6 heteroatoms. The van der Waals surface area contributed by atoms with E-state index in [1.54, 1.807) is 7.11 Å². The highest BCUT2D eigenvalue weighted by Gasteiger charge is 2.16. The van der Waals surface area contributed by atoms with Crippen LogP contribution in [0, 0.1) is 0 Å². The van der Waals surface area contributed by atoms with E-state index in [2.05, 4.69) is 10.1 Å². The molecule has 0 amide bonds. The van der Waals surface area contributed by atoms with Crippen LogP contribution in [0.5, 0.6) is 0 Å². The SMILES string of the molecule is COCCOCCc1noc([C@H](N)c2ccccc2)n1. The van der Waals surface area contributed by atoms with Crippen LogP contribution in [0.25, 0.3) is 0 Å². The zero-order valence-electron chi connectivity index (χ0n) is 11.5. The van der Waals surface area contributed by atoms with Gasteiger partial charge in [0.05, 0.1) is 19.8 Å². The summed E-state index contributed by atoms with van der Waals surface area (Å²) >= 11 is 0. The van der Waals surface area contributed by atoms with E-state index >= 15 is 0 Å². The van der Waals surface area contributed by atoms with Gasteiger partial charge >= 0.3 is 0 Å². The van der Waals surface area contributed by atoms with Crippen LogP contribution in [0.1, 0.15) is 23.3 Å². The number of methoxy groups -OCH3 is 1. The number of nitrogens with zero attached hydrogens (tertiary/aromatic N) is 2. The van der Waals surface area contributed by atoms with E-state index in [-0.39, 0.29) is 0 Å². The molecule has 0 radical (unpaired) electrons. The molecular formula is C14H19N3O3. The van der Waals surface area contributed by atoms with Gasteiger partial charge in [0.2, 0.25) is 5.89 Å². The lowest BCUT2D eigenvalue weighted by Crippen LogP contribution is -2.12. The van der Waals surface area contributed by atoms with Gasteiger partial charge in [-0.1, -0.05) is 35.5 Å². The summed E-state index contributed by atoms with van der Waals surface area (Å²) in [5.41, 5.74) is 7.02. The molecule has 2 N–H and O–H groups in total. The molecule has 20 heavy (non-hydrogen) atoms. The van der Waals surface area contributed by atoms with Crippen molar-refractivity contribution in [3.8, 4) is 0 Å². The quantitative estimate of drug-likeness (QED) is 0.733. The summed E-state index contributed by atoms with van der Waals surface area (Å²) in [7, 11) is 1.64. The molecule has 0 aliphatic rings. The molecule has 2 rings (SSSR count). The highest BCUT2D eigenvalue weighted by Crippen LogP contribution is 2.17. The van der Waals surface area contributed by atoms with Crippen molar-refractivity contribution in [2.45, 2.75) is 12.5 Å². The van der Waals surface area contributed by atoms with Crippen LogP contribution in [-0.2, 0) is 15.9 Å². The summed E-state index contributed by atoms with van der Waals surface area (Å²) in [6.45, 7) is 1.67. The predicted octanol–water partition coefficient (Wildman–Crippen LogP) is 1.32. The van der Waals surface area contributed by atoms with Gasteiger partial charge in [-0.2, -0.15) is 4.98 Å². The molecule has 0 aliphatic carbocycles. The fraction of sp³-hybridized carbons (Fsp3) is 0.429. The van der Waals surface area contributed by atoms with E-state index in [0.29, 0.717) is 38.0 Å². The van der Waals surface area contributed by atoms with Crippen molar-refractivity contribution >= 4 is 0 Å². The lowest BCUT2D eigenvalue weighted by molar-refractivity contribution is 0.0714. The second-order valence-corrected chi connectivity index (χ2v) is 4.29. The number of hydrogen-bond donors (Lipinski definition) is 1. The van der Waals surface area contributed by atoms with Crippen molar-refractivity contribution in [3.05, 3.63) is 47.6 Å². The summed E-state index contributed by atoms with van der Waals surface area (Å²) in [5.74, 6) is 1.02. The Morgan fingerprint density at radius 2 is 2.00 bits per heavy atom. The summed E-state index contributed by atoms with van der Waals surface area (Å²) in [6.07, 6.45) is 0.592. The van der Waals surface area contributed by atoms with Crippen LogP contribution in [0.15, 0.2) is 34.9 Å². The number of benzene rings is 1. The maximum Gasteiger partial charge on any atom is 0.248 e. The van der Waals surface area contributed by atoms with Crippen molar-refractivity contribution in [1.82, 2.24) is 10.1 Å². The van der Waals surface area contributed by atoms with Crippen LogP contribution in [0.3, 0.4) is 0 Å². The van der Waals surface area contributed by atoms with E-state index in [1.165, 1.54) is 0 Å². The third kappa shape index (κ3) is 4.12. The summed E-state index contributed by atoms with van der Waals surface area (Å²) in [5, 5.41) is 3.90. The molecule has 1 aromatic heterocycles. The van der Waals surface area contributed by atoms with Crippen LogP contribution in [0.2, 0.25) is 0 Å². The first-order valence-electron chi connectivity index (χ1n) is 6.51. The zero-order valence-corrected chi connectivity index (χ0v) is 11.5. The van der Waals surface area contributed by atoms with E-state index in [1.807, 2.05) is 30.3 Å². The maximum absolute atomic E-state index is 6.08. The van der Waals surface area contributed by atoms with Crippen LogP contribution in [0.4, 0.5) is 0 Å². The van der Waals surface area contributed by atoms with E-state index in [9.17, 15) is 0 Å². The maximum atomic E-state index is 6.08. The Hall–Kier alpha value is -1.76. The third-order valence-corrected chi connectivity index (χ3v) is 2.81. The highest BCUT2D eigenvalue weighted by molar-refractivity contribution is 5.22. The number of rotatable bonds is 8. The third-order valence-electron chi connectivity index (χ3n) is 2.81. The van der Waals surface area contributed by atoms with Crippen molar-refractivity contribution in [2.24, 2.45) is 5.73 Å². The highest BCUT2D eigenvalue weighted by atomic mass is 16.5. The van der Waals surface area contributed by atoms with Gasteiger partial charge in [-0.3, -0.25) is 0 Å². The monoisotopic (exact) mass is 277 g/mol. The van der Waals surface area contributed by atoms with Crippen LogP contribution in [-0.4, -0.2) is 37.1 Å². The molecule has 1 heterocycles. The second-order valence-electron chi connectivity index (χ2n) is 4.29. The predicted molar refractivity (Wildman–Crippen MR) is 73.2 cm³/mol. The molecule has 108 valence electrons. The van der Waals surface area contributed by atoms with E-state index < -0.39 is 6.04 Å². The van der Waals surface area contributed by atoms with Gasteiger partial charge in [-0.15, -0.1) is 0 Å². The van der Waals surface area contributed by atoms with Gasteiger partial charge in [-0.05, 0) is 5.56 Å². The molecular weight excluding hydrogens is 258 g/mol. The van der Waals surface area contributed by atoms with E-state index in [0.717, 1.165) is 5.56 Å². The normalized spacial score (nSPS) is 12.5. The van der Waals surface area contributed by atoms with Crippen molar-refractivity contribution in [1.29, 1.82) is 0 Å². The topological polar surface area (TPSA) is 83.4 Å². The van der Waals surface area contributed by atoms with E-state index in [4.69, 9.17) is 19.7 Å². The Kier molecular flexibility index (Phi) is 5.67. The molecule has 1 aromatic carbocycles. The number of ether oxygens (including phenoxy) is 2. The van der Waals surface area contributed by atoms with Gasteiger partial charge in [0.25, 0.3) is 0 Å². The molecule has 0 fully saturated rings. The fourth-order valence-electron chi connectivity index (χ4n) is 1.71. The molecule has 0 saturated carbocycles. The Morgan fingerprint density at radius 1 is 1.20 bits per heavy atom. The van der Waals surface area contributed by atoms with Crippen molar-refractivity contribution < 1.29 is 14.0 Å². The van der Waals surface area contributed by atoms with Crippen molar-refractivity contribution in [2.75, 3.05) is 26.9 Å². The van der Waals surface area contributed by atoms with Crippen LogP contribution >= 0.6 is 0 Å². The van der Waals surface area contributed by atoms with Gasteiger partial charge in [0.15, 0.2) is 5.82 Å². The second kappa shape index (κ2) is 7.74. The molecule has 6 nitrogen and oxygen atoms in total. The first-order valence-corrected chi connectivity index (χ1v) is 6.51. The van der Waals surface area contributed by atoms with Gasteiger partial charge in [0, 0.05) is 13.5 Å². The average Bonchev–Trinajstić information content (AvgIpc) is 2.96. The average molecular weight is 277 g/mol. The lowest BCUT2D eigenvalue weighted by atomic mass is 10.1. The molecule has 0 spiro atoms. The Morgan fingerprint density at radius 3 is 2.75 bits per heavy atom. The standard InChI is InChI=1S/C14H19N3O3/c1-18-9-10-19-8-7-12-16-14(20-17-12)13(15)11-5-3-2-4-6-11/h2-6,13H,7-10,15H2,1H3/t13-/m1/s1. The Labute approximate surface area is 117 Å². The van der Waals surface area contributed by atoms with Gasteiger partial charge in [-0.25, -0.2) is 0 Å². The molecule has 0 bridgehead atoms.